The first kappa shape index (κ1) is 19.2. The van der Waals surface area contributed by atoms with E-state index in [1.807, 2.05) is 54.3 Å². The van der Waals surface area contributed by atoms with Crippen LogP contribution >= 0.6 is 0 Å². The number of benzene rings is 2. The van der Waals surface area contributed by atoms with Crippen LogP contribution in [0.5, 0.6) is 11.5 Å². The fourth-order valence-electron chi connectivity index (χ4n) is 4.14. The summed E-state index contributed by atoms with van der Waals surface area (Å²) in [6.07, 6.45) is 2.92. The maximum Gasteiger partial charge on any atom is 0.255 e. The fraction of sp³-hybridized carbons (Fsp3) is 0.333. The first-order valence-corrected chi connectivity index (χ1v) is 10.1. The van der Waals surface area contributed by atoms with E-state index in [2.05, 4.69) is 0 Å². The van der Waals surface area contributed by atoms with Crippen LogP contribution in [-0.2, 0) is 19.4 Å². The van der Waals surface area contributed by atoms with E-state index in [-0.39, 0.29) is 5.91 Å². The van der Waals surface area contributed by atoms with Gasteiger partial charge in [-0.3, -0.25) is 9.78 Å². The van der Waals surface area contributed by atoms with Crippen molar-refractivity contribution in [2.45, 2.75) is 32.7 Å². The topological polar surface area (TPSA) is 51.7 Å². The molecular formula is C24H26N2O3. The summed E-state index contributed by atoms with van der Waals surface area (Å²) in [7, 11) is 3.24. The molecule has 29 heavy (non-hydrogen) atoms. The molecule has 2 aromatic carbocycles. The molecule has 0 unspecified atom stereocenters. The highest BCUT2D eigenvalue weighted by atomic mass is 16.5. The molecule has 5 nitrogen and oxygen atoms in total. The molecule has 0 saturated heterocycles. The molecule has 0 bridgehead atoms. The van der Waals surface area contributed by atoms with Crippen molar-refractivity contribution in [3.05, 3.63) is 64.8 Å². The van der Waals surface area contributed by atoms with E-state index < -0.39 is 0 Å². The largest absolute Gasteiger partial charge is 0.493 e. The van der Waals surface area contributed by atoms with Gasteiger partial charge in [-0.05, 0) is 55.5 Å². The van der Waals surface area contributed by atoms with Gasteiger partial charge in [0.25, 0.3) is 5.91 Å². The predicted octanol–water partition coefficient (Wildman–Crippen LogP) is 4.40. The van der Waals surface area contributed by atoms with E-state index in [0.717, 1.165) is 52.5 Å². The number of rotatable bonds is 6. The van der Waals surface area contributed by atoms with Gasteiger partial charge in [-0.1, -0.05) is 24.3 Å². The lowest BCUT2D eigenvalue weighted by molar-refractivity contribution is 0.0753. The van der Waals surface area contributed by atoms with E-state index in [9.17, 15) is 4.79 Å². The molecule has 0 radical (unpaired) electrons. The quantitative estimate of drug-likeness (QED) is 0.626. The van der Waals surface area contributed by atoms with Crippen molar-refractivity contribution in [3.63, 3.8) is 0 Å². The number of nitrogens with zero attached hydrogens (tertiary/aromatic N) is 2. The Kier molecular flexibility index (Phi) is 5.38. The molecule has 0 spiro atoms. The van der Waals surface area contributed by atoms with Crippen LogP contribution in [0.4, 0.5) is 0 Å². The van der Waals surface area contributed by atoms with Gasteiger partial charge in [0.15, 0.2) is 11.5 Å². The second-order valence-electron chi connectivity index (χ2n) is 7.29. The van der Waals surface area contributed by atoms with Crippen LogP contribution in [0, 0.1) is 0 Å². The number of aromatic nitrogens is 1. The highest BCUT2D eigenvalue weighted by molar-refractivity contribution is 6.07. The summed E-state index contributed by atoms with van der Waals surface area (Å²) in [5.74, 6) is 1.42. The van der Waals surface area contributed by atoms with E-state index in [1.165, 1.54) is 0 Å². The van der Waals surface area contributed by atoms with Gasteiger partial charge in [0.05, 0.1) is 25.3 Å². The summed E-state index contributed by atoms with van der Waals surface area (Å²) < 4.78 is 10.7. The van der Waals surface area contributed by atoms with Gasteiger partial charge >= 0.3 is 0 Å². The highest BCUT2D eigenvalue weighted by Gasteiger charge is 2.26. The van der Waals surface area contributed by atoms with Crippen LogP contribution in [0.25, 0.3) is 10.9 Å². The van der Waals surface area contributed by atoms with Gasteiger partial charge in [0.2, 0.25) is 0 Å². The molecule has 0 aliphatic heterocycles. The average molecular weight is 390 g/mol. The Morgan fingerprint density at radius 2 is 1.86 bits per heavy atom. The first-order chi connectivity index (χ1) is 14.2. The predicted molar refractivity (Wildman–Crippen MR) is 114 cm³/mol. The molecule has 0 saturated carbocycles. The minimum Gasteiger partial charge on any atom is -0.493 e. The number of hydrogen-bond donors (Lipinski definition) is 0. The molecule has 1 aromatic heterocycles. The van der Waals surface area contributed by atoms with E-state index in [4.69, 9.17) is 14.5 Å². The van der Waals surface area contributed by atoms with Crippen LogP contribution in [0.15, 0.2) is 42.5 Å². The summed E-state index contributed by atoms with van der Waals surface area (Å²) in [5, 5.41) is 0.948. The van der Waals surface area contributed by atoms with Crippen LogP contribution < -0.4 is 9.47 Å². The van der Waals surface area contributed by atoms with Gasteiger partial charge in [-0.15, -0.1) is 0 Å². The van der Waals surface area contributed by atoms with E-state index in [0.29, 0.717) is 24.6 Å². The zero-order valence-corrected chi connectivity index (χ0v) is 17.2. The highest BCUT2D eigenvalue weighted by Crippen LogP contribution is 2.32. The van der Waals surface area contributed by atoms with Crippen molar-refractivity contribution in [1.82, 2.24) is 9.88 Å². The number of carbonyl (C=O) groups excluding carboxylic acids is 1. The maximum atomic E-state index is 13.7. The Hall–Kier alpha value is -3.08. The fourth-order valence-corrected chi connectivity index (χ4v) is 4.14. The zero-order chi connectivity index (χ0) is 20.4. The van der Waals surface area contributed by atoms with Crippen molar-refractivity contribution >= 4 is 16.8 Å². The number of aryl methyl sites for hydroxylation is 1. The standard InChI is InChI=1S/C24H26N2O3/c1-4-26(15-16-12-13-21(28-2)22(14-16)29-3)24(27)23-17-8-5-6-10-19(17)25-20-11-7-9-18(20)23/h5-6,8,10,12-14H,4,7,9,11,15H2,1-3H3. The van der Waals surface area contributed by atoms with E-state index >= 15 is 0 Å². The molecule has 5 heteroatoms. The molecule has 0 N–H and O–H groups in total. The maximum absolute atomic E-state index is 13.7. The number of ether oxygens (including phenoxy) is 2. The van der Waals surface area contributed by atoms with Gasteiger partial charge in [0, 0.05) is 24.2 Å². The van der Waals surface area contributed by atoms with Gasteiger partial charge in [-0.25, -0.2) is 0 Å². The van der Waals surface area contributed by atoms with Gasteiger partial charge < -0.3 is 14.4 Å². The lowest BCUT2D eigenvalue weighted by atomic mass is 9.99. The summed E-state index contributed by atoms with van der Waals surface area (Å²) in [6, 6.07) is 13.8. The molecule has 1 heterocycles. The van der Waals surface area contributed by atoms with E-state index in [1.54, 1.807) is 14.2 Å². The van der Waals surface area contributed by atoms with Crippen molar-refractivity contribution in [3.8, 4) is 11.5 Å². The first-order valence-electron chi connectivity index (χ1n) is 10.1. The zero-order valence-electron chi connectivity index (χ0n) is 17.2. The Balaban J connectivity index is 1.72. The molecule has 150 valence electrons. The summed E-state index contributed by atoms with van der Waals surface area (Å²) >= 11 is 0. The Morgan fingerprint density at radius 3 is 2.62 bits per heavy atom. The summed E-state index contributed by atoms with van der Waals surface area (Å²) in [6.45, 7) is 3.15. The molecule has 0 fully saturated rings. The molecule has 3 aromatic rings. The van der Waals surface area contributed by atoms with Gasteiger partial charge in [-0.2, -0.15) is 0 Å². The summed E-state index contributed by atoms with van der Waals surface area (Å²) in [4.78, 5) is 20.4. The minimum atomic E-state index is 0.0686. The van der Waals surface area contributed by atoms with Gasteiger partial charge in [0.1, 0.15) is 0 Å². The third-order valence-corrected chi connectivity index (χ3v) is 5.62. The molecular weight excluding hydrogens is 364 g/mol. The molecule has 0 atom stereocenters. The number of hydrogen-bond acceptors (Lipinski definition) is 4. The second-order valence-corrected chi connectivity index (χ2v) is 7.29. The Morgan fingerprint density at radius 1 is 1.07 bits per heavy atom. The third kappa shape index (κ3) is 3.53. The number of fused-ring (bicyclic) bond motifs is 2. The SMILES string of the molecule is CCN(Cc1ccc(OC)c(OC)c1)C(=O)c1c2c(nc3ccccc13)CCC2. The lowest BCUT2D eigenvalue weighted by Crippen LogP contribution is -2.31. The molecule has 1 aliphatic carbocycles. The van der Waals surface area contributed by atoms with Crippen molar-refractivity contribution < 1.29 is 14.3 Å². The van der Waals surface area contributed by atoms with Crippen molar-refractivity contribution in [2.75, 3.05) is 20.8 Å². The van der Waals surface area contributed by atoms with Crippen LogP contribution in [-0.4, -0.2) is 36.6 Å². The smallest absolute Gasteiger partial charge is 0.255 e. The summed E-state index contributed by atoms with van der Waals surface area (Å²) in [5.41, 5.74) is 4.94. The van der Waals surface area contributed by atoms with Crippen LogP contribution in [0.1, 0.15) is 40.5 Å². The number of amides is 1. The monoisotopic (exact) mass is 390 g/mol. The van der Waals surface area contributed by atoms with Crippen molar-refractivity contribution in [1.29, 1.82) is 0 Å². The average Bonchev–Trinajstić information content (AvgIpc) is 3.23. The van der Waals surface area contributed by atoms with Crippen LogP contribution in [0.3, 0.4) is 0 Å². The third-order valence-electron chi connectivity index (χ3n) is 5.62. The normalized spacial score (nSPS) is 12.7. The molecule has 4 rings (SSSR count). The number of methoxy groups -OCH3 is 2. The second kappa shape index (κ2) is 8.11. The minimum absolute atomic E-state index is 0.0686. The number of carbonyl (C=O) groups is 1. The molecule has 1 amide bonds. The van der Waals surface area contributed by atoms with Crippen LogP contribution in [0.2, 0.25) is 0 Å². The Bertz CT molecular complexity index is 1060. The number of para-hydroxylation sites is 1. The number of pyridine rings is 1. The molecule has 1 aliphatic rings. The Labute approximate surface area is 171 Å². The lowest BCUT2D eigenvalue weighted by Gasteiger charge is -2.24. The van der Waals surface area contributed by atoms with Crippen molar-refractivity contribution in [2.24, 2.45) is 0 Å².